The molecule has 0 saturated carbocycles. The van der Waals surface area contributed by atoms with Crippen LogP contribution in [0, 0.1) is 0 Å². The second-order valence-electron chi connectivity index (χ2n) is 2.95. The van der Waals surface area contributed by atoms with Crippen LogP contribution in [-0.4, -0.2) is 35.4 Å². The first-order valence-electron chi connectivity index (χ1n) is 4.01. The number of carbonyl (C=O) groups excluding carboxylic acids is 1. The maximum atomic E-state index is 11.3. The van der Waals surface area contributed by atoms with Crippen molar-refractivity contribution < 1.29 is 14.7 Å². The quantitative estimate of drug-likeness (QED) is 0.532. The van der Waals surface area contributed by atoms with Gasteiger partial charge in [-0.15, -0.1) is 0 Å². The summed E-state index contributed by atoms with van der Waals surface area (Å²) in [5, 5.41) is 10.5. The van der Waals surface area contributed by atoms with Crippen molar-refractivity contribution in [2.24, 2.45) is 10.7 Å². The van der Waals surface area contributed by atoms with Gasteiger partial charge >= 0.3 is 5.97 Å². The van der Waals surface area contributed by atoms with Crippen LogP contribution in [-0.2, 0) is 9.59 Å². The summed E-state index contributed by atoms with van der Waals surface area (Å²) in [6.07, 6.45) is 0.358. The van der Waals surface area contributed by atoms with E-state index in [1.807, 2.05) is 0 Å². The SMILES string of the molecule is C=C1CC(C(=O)NCC(=O)O)N=C1N. The monoisotopic (exact) mass is 197 g/mol. The van der Waals surface area contributed by atoms with Gasteiger partial charge in [-0.3, -0.25) is 14.6 Å². The van der Waals surface area contributed by atoms with E-state index in [4.69, 9.17) is 10.8 Å². The van der Waals surface area contributed by atoms with E-state index in [0.717, 1.165) is 0 Å². The lowest BCUT2D eigenvalue weighted by atomic mass is 10.1. The first-order chi connectivity index (χ1) is 6.50. The Hall–Kier alpha value is -1.85. The van der Waals surface area contributed by atoms with Gasteiger partial charge < -0.3 is 16.2 Å². The molecule has 0 bridgehead atoms. The number of aliphatic imine (C=N–C) groups is 1. The highest BCUT2D eigenvalue weighted by Gasteiger charge is 2.25. The average Bonchev–Trinajstić information content (AvgIpc) is 2.43. The molecule has 0 radical (unpaired) electrons. The first-order valence-corrected chi connectivity index (χ1v) is 4.01. The number of nitrogens with zero attached hydrogens (tertiary/aromatic N) is 1. The van der Waals surface area contributed by atoms with Crippen molar-refractivity contribution in [3.63, 3.8) is 0 Å². The summed E-state index contributed by atoms with van der Waals surface area (Å²) in [6.45, 7) is 3.21. The van der Waals surface area contributed by atoms with E-state index in [2.05, 4.69) is 16.9 Å². The molecule has 1 aliphatic heterocycles. The number of nitrogens with two attached hydrogens (primary N) is 1. The third-order valence-corrected chi connectivity index (χ3v) is 1.81. The lowest BCUT2D eigenvalue weighted by Crippen LogP contribution is -2.35. The van der Waals surface area contributed by atoms with Crippen LogP contribution < -0.4 is 11.1 Å². The van der Waals surface area contributed by atoms with Crippen LogP contribution in [0.2, 0.25) is 0 Å². The van der Waals surface area contributed by atoms with Crippen molar-refractivity contribution in [1.82, 2.24) is 5.32 Å². The topological polar surface area (TPSA) is 105 Å². The van der Waals surface area contributed by atoms with E-state index in [1.165, 1.54) is 0 Å². The average molecular weight is 197 g/mol. The standard InChI is InChI=1S/C8H11N3O3/c1-4-2-5(11-7(4)9)8(14)10-3-6(12)13/h5H,1-3H2,(H2,9,11)(H,10,14)(H,12,13). The Kier molecular flexibility index (Phi) is 2.85. The zero-order chi connectivity index (χ0) is 10.7. The summed E-state index contributed by atoms with van der Waals surface area (Å²) >= 11 is 0. The van der Waals surface area contributed by atoms with Gasteiger partial charge in [-0.1, -0.05) is 6.58 Å². The van der Waals surface area contributed by atoms with E-state index in [0.29, 0.717) is 12.0 Å². The molecular weight excluding hydrogens is 186 g/mol. The van der Waals surface area contributed by atoms with Crippen LogP contribution in [0.15, 0.2) is 17.1 Å². The summed E-state index contributed by atoms with van der Waals surface area (Å²) in [7, 11) is 0. The predicted octanol–water partition coefficient (Wildman–Crippen LogP) is -1.13. The fraction of sp³-hybridized carbons (Fsp3) is 0.375. The number of carboxylic acids is 1. The molecular formula is C8H11N3O3. The molecule has 0 saturated heterocycles. The van der Waals surface area contributed by atoms with Gasteiger partial charge in [-0.2, -0.15) is 0 Å². The number of carboxylic acid groups (broad SMARTS) is 1. The van der Waals surface area contributed by atoms with E-state index >= 15 is 0 Å². The smallest absolute Gasteiger partial charge is 0.322 e. The second-order valence-corrected chi connectivity index (χ2v) is 2.95. The number of aliphatic carboxylic acids is 1. The molecule has 1 unspecified atom stereocenters. The molecule has 76 valence electrons. The van der Waals surface area contributed by atoms with Gasteiger partial charge in [-0.05, 0) is 5.57 Å². The Morgan fingerprint density at radius 1 is 1.71 bits per heavy atom. The Morgan fingerprint density at radius 3 is 2.79 bits per heavy atom. The number of rotatable bonds is 3. The Bertz CT molecular complexity index is 322. The molecule has 0 aromatic heterocycles. The summed E-state index contributed by atoms with van der Waals surface area (Å²) < 4.78 is 0. The first kappa shape index (κ1) is 10.2. The molecule has 6 heteroatoms. The molecule has 6 nitrogen and oxygen atoms in total. The van der Waals surface area contributed by atoms with Crippen molar-refractivity contribution in [2.45, 2.75) is 12.5 Å². The van der Waals surface area contributed by atoms with E-state index < -0.39 is 24.5 Å². The molecule has 1 aliphatic rings. The summed E-state index contributed by atoms with van der Waals surface area (Å²) in [5.74, 6) is -1.26. The molecule has 1 heterocycles. The Balaban J connectivity index is 2.48. The molecule has 0 fully saturated rings. The zero-order valence-electron chi connectivity index (χ0n) is 7.49. The molecule has 14 heavy (non-hydrogen) atoms. The number of carbonyl (C=O) groups is 2. The summed E-state index contributed by atoms with van der Waals surface area (Å²) in [6, 6.07) is -0.623. The zero-order valence-corrected chi connectivity index (χ0v) is 7.49. The van der Waals surface area contributed by atoms with Crippen molar-refractivity contribution in [3.8, 4) is 0 Å². The minimum atomic E-state index is -1.09. The summed E-state index contributed by atoms with van der Waals surface area (Å²) in [5.41, 5.74) is 6.03. The minimum absolute atomic E-state index is 0.264. The van der Waals surface area contributed by atoms with Crippen LogP contribution in [0.3, 0.4) is 0 Å². The third kappa shape index (κ3) is 2.32. The fourth-order valence-corrected chi connectivity index (χ4v) is 1.07. The lowest BCUT2D eigenvalue weighted by Gasteiger charge is -2.05. The molecule has 0 aromatic rings. The number of hydrogen-bond donors (Lipinski definition) is 3. The van der Waals surface area contributed by atoms with E-state index in [1.54, 1.807) is 0 Å². The molecule has 1 atom stereocenters. The van der Waals surface area contributed by atoms with Gasteiger partial charge in [0.15, 0.2) is 0 Å². The van der Waals surface area contributed by atoms with Gasteiger partial charge in [0.05, 0.1) is 0 Å². The molecule has 0 spiro atoms. The molecule has 4 N–H and O–H groups in total. The van der Waals surface area contributed by atoms with Gasteiger partial charge in [0.25, 0.3) is 0 Å². The van der Waals surface area contributed by atoms with Crippen LogP contribution in [0.4, 0.5) is 0 Å². The Labute approximate surface area is 80.5 Å². The lowest BCUT2D eigenvalue weighted by molar-refractivity contribution is -0.138. The largest absolute Gasteiger partial charge is 0.480 e. The normalized spacial score (nSPS) is 20.4. The van der Waals surface area contributed by atoms with E-state index in [9.17, 15) is 9.59 Å². The maximum Gasteiger partial charge on any atom is 0.322 e. The maximum absolute atomic E-state index is 11.3. The molecule has 0 aliphatic carbocycles. The third-order valence-electron chi connectivity index (χ3n) is 1.81. The molecule has 1 amide bonds. The number of amidine groups is 1. The molecule has 0 aromatic carbocycles. The Morgan fingerprint density at radius 2 is 2.36 bits per heavy atom. The van der Waals surface area contributed by atoms with Crippen LogP contribution in [0.25, 0.3) is 0 Å². The highest BCUT2D eigenvalue weighted by Crippen LogP contribution is 2.15. The van der Waals surface area contributed by atoms with Gasteiger partial charge in [-0.25, -0.2) is 0 Å². The van der Waals surface area contributed by atoms with Gasteiger partial charge in [0.2, 0.25) is 5.91 Å². The fourth-order valence-electron chi connectivity index (χ4n) is 1.07. The van der Waals surface area contributed by atoms with Crippen LogP contribution in [0.5, 0.6) is 0 Å². The summed E-state index contributed by atoms with van der Waals surface area (Å²) in [4.78, 5) is 25.3. The number of hydrogen-bond acceptors (Lipinski definition) is 4. The van der Waals surface area contributed by atoms with Crippen LogP contribution in [0.1, 0.15) is 6.42 Å². The number of amides is 1. The molecule has 1 rings (SSSR count). The highest BCUT2D eigenvalue weighted by molar-refractivity contribution is 6.02. The van der Waals surface area contributed by atoms with Crippen molar-refractivity contribution >= 4 is 17.7 Å². The van der Waals surface area contributed by atoms with E-state index in [-0.39, 0.29) is 5.84 Å². The second kappa shape index (κ2) is 3.91. The van der Waals surface area contributed by atoms with Gasteiger partial charge in [0.1, 0.15) is 18.4 Å². The van der Waals surface area contributed by atoms with Crippen LogP contribution >= 0.6 is 0 Å². The van der Waals surface area contributed by atoms with Crippen molar-refractivity contribution in [1.29, 1.82) is 0 Å². The highest BCUT2D eigenvalue weighted by atomic mass is 16.4. The van der Waals surface area contributed by atoms with Gasteiger partial charge in [0, 0.05) is 6.42 Å². The number of nitrogens with one attached hydrogen (secondary N) is 1. The van der Waals surface area contributed by atoms with Crippen molar-refractivity contribution in [3.05, 3.63) is 12.2 Å². The minimum Gasteiger partial charge on any atom is -0.480 e. The predicted molar refractivity (Wildman–Crippen MR) is 49.8 cm³/mol. The van der Waals surface area contributed by atoms with Crippen molar-refractivity contribution in [2.75, 3.05) is 6.54 Å².